The topological polar surface area (TPSA) is 46.5 Å². The average molecular weight is 288 g/mol. The van der Waals surface area contributed by atoms with Crippen molar-refractivity contribution in [2.45, 2.75) is 63.4 Å². The highest BCUT2D eigenvalue weighted by Gasteiger charge is 2.57. The highest BCUT2D eigenvalue weighted by atomic mass is 19.3. The van der Waals surface area contributed by atoms with Crippen molar-refractivity contribution in [3.63, 3.8) is 0 Å². The van der Waals surface area contributed by atoms with Crippen LogP contribution in [0.2, 0.25) is 0 Å². The summed E-state index contributed by atoms with van der Waals surface area (Å²) < 4.78 is 31.4. The van der Waals surface area contributed by atoms with E-state index in [4.69, 9.17) is 4.74 Å². The molecule has 0 radical (unpaired) electrons. The molecule has 0 aromatic carbocycles. The molecule has 0 heterocycles. The fourth-order valence-corrected chi connectivity index (χ4v) is 5.04. The molecule has 1 N–H and O–H groups in total. The van der Waals surface area contributed by atoms with Gasteiger partial charge in [-0.3, -0.25) is 0 Å². The van der Waals surface area contributed by atoms with E-state index >= 15 is 0 Å². The van der Waals surface area contributed by atoms with Gasteiger partial charge in [-0.25, -0.2) is 4.79 Å². The van der Waals surface area contributed by atoms with Gasteiger partial charge in [0.15, 0.2) is 0 Å². The van der Waals surface area contributed by atoms with Crippen molar-refractivity contribution in [3.05, 3.63) is 0 Å². The number of hydrogen-bond donors (Lipinski definition) is 1. The number of hydrogen-bond acceptors (Lipinski definition) is 3. The number of aliphatic hydroxyl groups is 1. The quantitative estimate of drug-likeness (QED) is 0.809. The largest absolute Gasteiger partial charge is 0.461 e. The van der Waals surface area contributed by atoms with E-state index < -0.39 is 23.9 Å². The normalized spacial score (nSPS) is 42.8. The van der Waals surface area contributed by atoms with Crippen LogP contribution in [0.25, 0.3) is 0 Å². The molecule has 2 unspecified atom stereocenters. The van der Waals surface area contributed by atoms with Crippen molar-refractivity contribution in [3.8, 4) is 0 Å². The molecule has 0 aliphatic heterocycles. The van der Waals surface area contributed by atoms with Crippen LogP contribution < -0.4 is 0 Å². The van der Waals surface area contributed by atoms with Crippen LogP contribution in [0.1, 0.15) is 51.9 Å². The van der Waals surface area contributed by atoms with E-state index in [2.05, 4.69) is 0 Å². The summed E-state index contributed by atoms with van der Waals surface area (Å²) in [5.41, 5.74) is -0.915. The third-order valence-corrected chi connectivity index (χ3v) is 5.40. The molecule has 114 valence electrons. The molecule has 0 amide bonds. The Hall–Kier alpha value is -0.710. The van der Waals surface area contributed by atoms with Gasteiger partial charge in [-0.1, -0.05) is 6.92 Å². The number of alkyl halides is 2. The maximum absolute atomic E-state index is 13.3. The molecule has 0 aromatic heterocycles. The number of rotatable bonds is 4. The van der Waals surface area contributed by atoms with Gasteiger partial charge < -0.3 is 9.84 Å². The summed E-state index contributed by atoms with van der Waals surface area (Å²) in [5.74, 6) is -3.87. The van der Waals surface area contributed by atoms with Crippen molar-refractivity contribution >= 4 is 5.97 Å². The van der Waals surface area contributed by atoms with Crippen LogP contribution in [0.3, 0.4) is 0 Å². The smallest absolute Gasteiger partial charge is 0.376 e. The standard InChI is InChI=1S/C15H22F2O3/c1-2-15(16,17)12(18)20-9-13-4-10-3-11(5-13)7-14(19,6-10)8-13/h10-11,19H,2-9H2,1H3. The summed E-state index contributed by atoms with van der Waals surface area (Å²) in [6, 6.07) is 0. The molecule has 0 saturated heterocycles. The van der Waals surface area contributed by atoms with Crippen molar-refractivity contribution in [2.24, 2.45) is 17.3 Å². The third-order valence-electron chi connectivity index (χ3n) is 5.40. The van der Waals surface area contributed by atoms with E-state index in [0.29, 0.717) is 18.3 Å². The molecule has 4 aliphatic rings. The van der Waals surface area contributed by atoms with Crippen molar-refractivity contribution < 1.29 is 23.4 Å². The summed E-state index contributed by atoms with van der Waals surface area (Å²) in [7, 11) is 0. The molecule has 20 heavy (non-hydrogen) atoms. The first kappa shape index (κ1) is 14.2. The van der Waals surface area contributed by atoms with Crippen LogP contribution in [-0.2, 0) is 9.53 Å². The van der Waals surface area contributed by atoms with Crippen LogP contribution in [0.5, 0.6) is 0 Å². The minimum Gasteiger partial charge on any atom is -0.461 e. The Morgan fingerprint density at radius 2 is 1.90 bits per heavy atom. The van der Waals surface area contributed by atoms with E-state index in [1.165, 1.54) is 6.92 Å². The average Bonchev–Trinajstić information content (AvgIpc) is 2.33. The van der Waals surface area contributed by atoms with Crippen molar-refractivity contribution in [1.82, 2.24) is 0 Å². The van der Waals surface area contributed by atoms with Crippen LogP contribution in [0.4, 0.5) is 8.78 Å². The van der Waals surface area contributed by atoms with Crippen LogP contribution in [0, 0.1) is 17.3 Å². The Bertz CT molecular complexity index is 407. The van der Waals surface area contributed by atoms with E-state index in [-0.39, 0.29) is 12.0 Å². The van der Waals surface area contributed by atoms with E-state index in [0.717, 1.165) is 32.1 Å². The lowest BCUT2D eigenvalue weighted by molar-refractivity contribution is -0.198. The van der Waals surface area contributed by atoms with E-state index in [1.807, 2.05) is 0 Å². The van der Waals surface area contributed by atoms with Gasteiger partial charge in [-0.05, 0) is 50.4 Å². The number of carbonyl (C=O) groups is 1. The third kappa shape index (κ3) is 2.34. The summed E-state index contributed by atoms with van der Waals surface area (Å²) in [6.07, 6.45) is 4.64. The van der Waals surface area contributed by atoms with Gasteiger partial charge >= 0.3 is 11.9 Å². The number of halogens is 2. The predicted molar refractivity (Wildman–Crippen MR) is 68.3 cm³/mol. The molecule has 5 heteroatoms. The fourth-order valence-electron chi connectivity index (χ4n) is 5.04. The Labute approximate surface area is 117 Å². The lowest BCUT2D eigenvalue weighted by Crippen LogP contribution is -2.57. The molecular weight excluding hydrogens is 266 g/mol. The van der Waals surface area contributed by atoms with Gasteiger partial charge in [0.2, 0.25) is 0 Å². The predicted octanol–water partition coefficient (Wildman–Crippen LogP) is 2.91. The first-order valence-electron chi connectivity index (χ1n) is 7.53. The lowest BCUT2D eigenvalue weighted by atomic mass is 9.48. The highest BCUT2D eigenvalue weighted by molar-refractivity contribution is 5.77. The number of carbonyl (C=O) groups excluding carboxylic acids is 1. The molecule has 4 aliphatic carbocycles. The second-order valence-corrected chi connectivity index (χ2v) is 7.32. The second kappa shape index (κ2) is 4.39. The van der Waals surface area contributed by atoms with Gasteiger partial charge in [0.05, 0.1) is 12.2 Å². The zero-order valence-corrected chi connectivity index (χ0v) is 11.8. The zero-order chi connectivity index (χ0) is 14.6. The Morgan fingerprint density at radius 3 is 2.40 bits per heavy atom. The molecule has 4 bridgehead atoms. The van der Waals surface area contributed by atoms with Crippen LogP contribution >= 0.6 is 0 Å². The van der Waals surface area contributed by atoms with Gasteiger partial charge in [0.25, 0.3) is 0 Å². The van der Waals surface area contributed by atoms with Gasteiger partial charge in [0, 0.05) is 11.8 Å². The molecule has 0 aromatic rings. The monoisotopic (exact) mass is 288 g/mol. The van der Waals surface area contributed by atoms with E-state index in [9.17, 15) is 18.7 Å². The summed E-state index contributed by atoms with van der Waals surface area (Å²) in [5, 5.41) is 10.6. The fraction of sp³-hybridized carbons (Fsp3) is 0.933. The van der Waals surface area contributed by atoms with E-state index in [1.54, 1.807) is 0 Å². The first-order valence-corrected chi connectivity index (χ1v) is 7.53. The van der Waals surface area contributed by atoms with Gasteiger partial charge in [-0.15, -0.1) is 0 Å². The highest BCUT2D eigenvalue weighted by Crippen LogP contribution is 2.61. The molecule has 4 rings (SSSR count). The van der Waals surface area contributed by atoms with Gasteiger partial charge in [-0.2, -0.15) is 8.78 Å². The lowest BCUT2D eigenvalue weighted by Gasteiger charge is -2.59. The second-order valence-electron chi connectivity index (χ2n) is 7.32. The SMILES string of the molecule is CCC(F)(F)C(=O)OCC12CC3CC(CC(O)(C3)C1)C2. The number of esters is 1. The molecule has 2 atom stereocenters. The van der Waals surface area contributed by atoms with Gasteiger partial charge in [0.1, 0.15) is 0 Å². The Balaban J connectivity index is 1.67. The summed E-state index contributed by atoms with van der Waals surface area (Å²) in [4.78, 5) is 11.4. The first-order chi connectivity index (χ1) is 9.26. The molecule has 4 saturated carbocycles. The molecule has 4 fully saturated rings. The maximum Gasteiger partial charge on any atom is 0.376 e. The number of ether oxygens (including phenoxy) is 1. The minimum absolute atomic E-state index is 0.0384. The van der Waals surface area contributed by atoms with Crippen LogP contribution in [0.15, 0.2) is 0 Å². The minimum atomic E-state index is -3.39. The Kier molecular flexibility index (Phi) is 3.13. The summed E-state index contributed by atoms with van der Waals surface area (Å²) in [6.45, 7) is 1.31. The van der Waals surface area contributed by atoms with Crippen LogP contribution in [-0.4, -0.2) is 29.2 Å². The molecular formula is C15H22F2O3. The molecule has 0 spiro atoms. The van der Waals surface area contributed by atoms with Crippen molar-refractivity contribution in [2.75, 3.05) is 6.61 Å². The maximum atomic E-state index is 13.3. The Morgan fingerprint density at radius 1 is 1.30 bits per heavy atom. The van der Waals surface area contributed by atoms with Crippen molar-refractivity contribution in [1.29, 1.82) is 0 Å². The molecule has 3 nitrogen and oxygen atoms in total. The zero-order valence-electron chi connectivity index (χ0n) is 11.8. The summed E-state index contributed by atoms with van der Waals surface area (Å²) >= 11 is 0.